The van der Waals surface area contributed by atoms with E-state index in [9.17, 15) is 13.6 Å². The van der Waals surface area contributed by atoms with Crippen LogP contribution in [-0.2, 0) is 4.79 Å². The highest BCUT2D eigenvalue weighted by Gasteiger charge is 2.15. The summed E-state index contributed by atoms with van der Waals surface area (Å²) in [6.07, 6.45) is 0. The number of ether oxygens (including phenoxy) is 1. The van der Waals surface area contributed by atoms with E-state index in [-0.39, 0.29) is 5.92 Å². The van der Waals surface area contributed by atoms with Crippen molar-refractivity contribution < 1.29 is 18.3 Å². The highest BCUT2D eigenvalue weighted by Crippen LogP contribution is 2.26. The van der Waals surface area contributed by atoms with Gasteiger partial charge in [-0.3, -0.25) is 4.79 Å². The van der Waals surface area contributed by atoms with E-state index >= 15 is 0 Å². The summed E-state index contributed by atoms with van der Waals surface area (Å²) in [5, 5.41) is 5.62. The van der Waals surface area contributed by atoms with Crippen LogP contribution in [-0.4, -0.2) is 32.1 Å². The van der Waals surface area contributed by atoms with Gasteiger partial charge in [-0.15, -0.1) is 0 Å². The van der Waals surface area contributed by atoms with Crippen LogP contribution in [0.3, 0.4) is 0 Å². The first-order chi connectivity index (χ1) is 9.95. The van der Waals surface area contributed by atoms with Crippen LogP contribution in [0, 0.1) is 11.6 Å². The van der Waals surface area contributed by atoms with Crippen LogP contribution < -0.4 is 15.4 Å². The van der Waals surface area contributed by atoms with Gasteiger partial charge in [0.05, 0.1) is 0 Å². The molecule has 1 amide bonds. The predicted molar refractivity (Wildman–Crippen MR) is 77.5 cm³/mol. The molecule has 118 valence electrons. The number of carbonyl (C=O) groups excluding carboxylic acids is 1. The molecule has 0 heterocycles. The van der Waals surface area contributed by atoms with Gasteiger partial charge in [0.2, 0.25) is 0 Å². The van der Waals surface area contributed by atoms with Crippen LogP contribution in [0.4, 0.5) is 8.78 Å². The third-order valence-corrected chi connectivity index (χ3v) is 2.91. The minimum Gasteiger partial charge on any atom is -0.478 e. The molecule has 2 N–H and O–H groups in total. The van der Waals surface area contributed by atoms with Crippen molar-refractivity contribution in [3.8, 4) is 5.75 Å². The summed E-state index contributed by atoms with van der Waals surface area (Å²) in [5.41, 5.74) is 0.549. The Hall–Kier alpha value is -1.69. The zero-order valence-electron chi connectivity index (χ0n) is 12.6. The summed E-state index contributed by atoms with van der Waals surface area (Å²) < 4.78 is 32.5. The topological polar surface area (TPSA) is 50.4 Å². The Morgan fingerprint density at radius 3 is 2.38 bits per heavy atom. The minimum atomic E-state index is -0.792. The molecule has 0 saturated heterocycles. The zero-order valence-corrected chi connectivity index (χ0v) is 12.6. The van der Waals surface area contributed by atoms with Crippen LogP contribution in [0.15, 0.2) is 12.1 Å². The molecule has 0 aliphatic heterocycles. The number of amides is 1. The SMILES string of the molecule is CCNCCNC(=O)COc1c(F)cc(C(C)C)cc1F. The van der Waals surface area contributed by atoms with Gasteiger partial charge in [0.1, 0.15) is 0 Å². The number of nitrogens with one attached hydrogen (secondary N) is 2. The lowest BCUT2D eigenvalue weighted by molar-refractivity contribution is -0.123. The number of benzene rings is 1. The molecule has 0 atom stereocenters. The van der Waals surface area contributed by atoms with Gasteiger partial charge in [-0.1, -0.05) is 20.8 Å². The molecule has 4 nitrogen and oxygen atoms in total. The second-order valence-corrected chi connectivity index (χ2v) is 4.96. The number of likely N-dealkylation sites (N-methyl/N-ethyl adjacent to an activating group) is 1. The molecule has 0 aliphatic rings. The van der Waals surface area contributed by atoms with Gasteiger partial charge < -0.3 is 15.4 Å². The number of rotatable bonds is 8. The second-order valence-electron chi connectivity index (χ2n) is 4.96. The van der Waals surface area contributed by atoms with Crippen LogP contribution in [0.5, 0.6) is 5.75 Å². The zero-order chi connectivity index (χ0) is 15.8. The maximum atomic E-state index is 13.8. The standard InChI is InChI=1S/C15H22F2N2O2/c1-4-18-5-6-19-14(20)9-21-15-12(16)7-11(10(2)3)8-13(15)17/h7-8,10,18H,4-6,9H2,1-3H3,(H,19,20). The maximum absolute atomic E-state index is 13.8. The normalized spacial score (nSPS) is 10.8. The summed E-state index contributed by atoms with van der Waals surface area (Å²) in [7, 11) is 0. The van der Waals surface area contributed by atoms with Gasteiger partial charge in [-0.25, -0.2) is 8.78 Å². The lowest BCUT2D eigenvalue weighted by Gasteiger charge is -2.12. The van der Waals surface area contributed by atoms with Gasteiger partial charge in [-0.2, -0.15) is 0 Å². The van der Waals surface area contributed by atoms with Gasteiger partial charge in [0.25, 0.3) is 5.91 Å². The average molecular weight is 300 g/mol. The van der Waals surface area contributed by atoms with Crippen LogP contribution >= 0.6 is 0 Å². The number of hydrogen-bond donors (Lipinski definition) is 2. The lowest BCUT2D eigenvalue weighted by atomic mass is 10.0. The number of carbonyl (C=O) groups is 1. The van der Waals surface area contributed by atoms with Crippen LogP contribution in [0.1, 0.15) is 32.3 Å². The Bertz CT molecular complexity index is 456. The molecule has 21 heavy (non-hydrogen) atoms. The van der Waals surface area contributed by atoms with E-state index in [4.69, 9.17) is 4.74 Å². The van der Waals surface area contributed by atoms with Crippen molar-refractivity contribution >= 4 is 5.91 Å². The minimum absolute atomic E-state index is 0.0115. The molecule has 0 spiro atoms. The maximum Gasteiger partial charge on any atom is 0.257 e. The van der Waals surface area contributed by atoms with Crippen molar-refractivity contribution in [3.05, 3.63) is 29.3 Å². The van der Waals surface area contributed by atoms with Gasteiger partial charge in [0, 0.05) is 13.1 Å². The van der Waals surface area contributed by atoms with E-state index < -0.39 is 29.9 Å². The van der Waals surface area contributed by atoms with Gasteiger partial charge in [0.15, 0.2) is 24.0 Å². The quantitative estimate of drug-likeness (QED) is 0.724. The van der Waals surface area contributed by atoms with Crippen molar-refractivity contribution in [2.24, 2.45) is 0 Å². The molecule has 0 saturated carbocycles. The van der Waals surface area contributed by atoms with Crippen LogP contribution in [0.2, 0.25) is 0 Å². The van der Waals surface area contributed by atoms with Crippen molar-refractivity contribution in [3.63, 3.8) is 0 Å². The fourth-order valence-corrected chi connectivity index (χ4v) is 1.71. The van der Waals surface area contributed by atoms with E-state index in [1.165, 1.54) is 12.1 Å². The van der Waals surface area contributed by atoms with E-state index in [1.807, 2.05) is 20.8 Å². The molecule has 1 aromatic rings. The van der Waals surface area contributed by atoms with Gasteiger partial charge >= 0.3 is 0 Å². The fourth-order valence-electron chi connectivity index (χ4n) is 1.71. The van der Waals surface area contributed by atoms with Crippen molar-refractivity contribution in [2.45, 2.75) is 26.7 Å². The lowest BCUT2D eigenvalue weighted by Crippen LogP contribution is -2.34. The molecule has 0 aromatic heterocycles. The Morgan fingerprint density at radius 2 is 1.86 bits per heavy atom. The second kappa shape index (κ2) is 8.56. The molecule has 0 unspecified atom stereocenters. The molecule has 0 aliphatic carbocycles. The highest BCUT2D eigenvalue weighted by atomic mass is 19.1. The first-order valence-electron chi connectivity index (χ1n) is 7.04. The Balaban J connectivity index is 2.53. The third-order valence-electron chi connectivity index (χ3n) is 2.91. The molecule has 0 radical (unpaired) electrons. The summed E-state index contributed by atoms with van der Waals surface area (Å²) in [6.45, 7) is 7.10. The molecule has 1 rings (SSSR count). The van der Waals surface area contributed by atoms with Crippen LogP contribution in [0.25, 0.3) is 0 Å². The third kappa shape index (κ3) is 5.67. The number of halogens is 2. The summed E-state index contributed by atoms with van der Waals surface area (Å²) in [5.74, 6) is -2.50. The average Bonchev–Trinajstić information content (AvgIpc) is 2.42. The van der Waals surface area contributed by atoms with Crippen molar-refractivity contribution in [1.82, 2.24) is 10.6 Å². The summed E-state index contributed by atoms with van der Waals surface area (Å²) in [4.78, 5) is 11.5. The predicted octanol–water partition coefficient (Wildman–Crippen LogP) is 2.19. The van der Waals surface area contributed by atoms with Crippen molar-refractivity contribution in [1.29, 1.82) is 0 Å². The Labute approximate surface area is 123 Å². The fraction of sp³-hybridized carbons (Fsp3) is 0.533. The van der Waals surface area contributed by atoms with E-state index in [0.717, 1.165) is 6.54 Å². The molecule has 1 aromatic carbocycles. The molecule has 6 heteroatoms. The largest absolute Gasteiger partial charge is 0.478 e. The molecule has 0 fully saturated rings. The van der Waals surface area contributed by atoms with Crippen molar-refractivity contribution in [2.75, 3.05) is 26.2 Å². The first-order valence-corrected chi connectivity index (χ1v) is 7.04. The Morgan fingerprint density at radius 1 is 1.24 bits per heavy atom. The number of hydrogen-bond acceptors (Lipinski definition) is 3. The first kappa shape index (κ1) is 17.4. The molecular weight excluding hydrogens is 278 g/mol. The van der Waals surface area contributed by atoms with E-state index in [1.54, 1.807) is 0 Å². The van der Waals surface area contributed by atoms with E-state index in [2.05, 4.69) is 10.6 Å². The smallest absolute Gasteiger partial charge is 0.257 e. The van der Waals surface area contributed by atoms with Gasteiger partial charge in [-0.05, 0) is 30.2 Å². The molecular formula is C15H22F2N2O2. The van der Waals surface area contributed by atoms with E-state index in [0.29, 0.717) is 18.7 Å². The molecule has 0 bridgehead atoms. The summed E-state index contributed by atoms with van der Waals surface area (Å²) >= 11 is 0. The Kier molecular flexibility index (Phi) is 7.08. The summed E-state index contributed by atoms with van der Waals surface area (Å²) in [6, 6.07) is 2.46. The highest BCUT2D eigenvalue weighted by molar-refractivity contribution is 5.77. The monoisotopic (exact) mass is 300 g/mol.